The molecular formula is C43H53IrN2O2S3-. The van der Waals surface area contributed by atoms with Crippen molar-refractivity contribution in [3.05, 3.63) is 70.4 Å². The molecular weight excluding hydrogens is 865 g/mol. The van der Waals surface area contributed by atoms with Crippen LogP contribution < -0.4 is 0 Å². The molecule has 0 unspecified atom stereocenters. The van der Waals surface area contributed by atoms with E-state index in [-0.39, 0.29) is 47.9 Å². The zero-order valence-corrected chi connectivity index (χ0v) is 36.9. The fourth-order valence-corrected chi connectivity index (χ4v) is 9.92. The van der Waals surface area contributed by atoms with E-state index in [1.165, 1.54) is 47.5 Å². The number of carbonyl (C=O) groups excluding carboxylic acids is 1. The number of thiophene rings is 3. The minimum absolute atomic E-state index is 0. The summed E-state index contributed by atoms with van der Waals surface area (Å²) in [5.41, 5.74) is 5.37. The molecule has 0 aliphatic carbocycles. The molecule has 51 heavy (non-hydrogen) atoms. The fourth-order valence-electron chi connectivity index (χ4n) is 6.34. The number of allylic oxidation sites excluding steroid dienone is 2. The van der Waals surface area contributed by atoms with E-state index >= 15 is 0 Å². The number of aliphatic hydroxyl groups is 1. The first-order valence-electron chi connectivity index (χ1n) is 18.1. The molecule has 2 aromatic carbocycles. The van der Waals surface area contributed by atoms with E-state index in [1.54, 1.807) is 17.7 Å². The Morgan fingerprint density at radius 3 is 2.12 bits per heavy atom. The molecule has 0 aliphatic rings. The zero-order chi connectivity index (χ0) is 36.6. The number of rotatable bonds is 10. The Kier molecular flexibility index (Phi) is 13.2. The Hall–Kier alpha value is -2.48. The normalized spacial score (nSPS) is 12.9. The number of ketones is 1. The van der Waals surface area contributed by atoms with Crippen LogP contribution in [0.1, 0.15) is 113 Å². The molecule has 8 heteroatoms. The SMILES string of the molecule is CC(C)Cc1csc2c1ccc1c3ncnc(-c4[c-]c5ccsc5c(C(C)(C)C)c4)c3sc12.CCC(C)(CC)C(=O)/C=C(\O)C(C)(CC)CC.[Ir]. The summed E-state index contributed by atoms with van der Waals surface area (Å²) in [7, 11) is 0. The van der Waals surface area contributed by atoms with Crippen LogP contribution in [0.4, 0.5) is 0 Å². The Morgan fingerprint density at radius 1 is 0.863 bits per heavy atom. The molecule has 0 saturated heterocycles. The number of aliphatic hydroxyl groups excluding tert-OH is 1. The summed E-state index contributed by atoms with van der Waals surface area (Å²) >= 11 is 5.50. The van der Waals surface area contributed by atoms with Crippen LogP contribution in [0.2, 0.25) is 0 Å². The molecule has 0 bridgehead atoms. The second kappa shape index (κ2) is 16.3. The van der Waals surface area contributed by atoms with Crippen LogP contribution in [0.5, 0.6) is 0 Å². The van der Waals surface area contributed by atoms with Crippen molar-refractivity contribution in [3.8, 4) is 11.3 Å². The molecule has 0 amide bonds. The van der Waals surface area contributed by atoms with Gasteiger partial charge in [0, 0.05) is 52.8 Å². The first-order chi connectivity index (χ1) is 23.6. The van der Waals surface area contributed by atoms with Gasteiger partial charge in [-0.15, -0.1) is 46.3 Å². The second-order valence-electron chi connectivity index (χ2n) is 15.6. The van der Waals surface area contributed by atoms with Crippen molar-refractivity contribution >= 4 is 80.3 Å². The molecule has 6 rings (SSSR count). The van der Waals surface area contributed by atoms with E-state index < -0.39 is 0 Å². The van der Waals surface area contributed by atoms with Crippen LogP contribution in [0.15, 0.2) is 53.2 Å². The van der Waals surface area contributed by atoms with E-state index in [0.29, 0.717) is 5.92 Å². The summed E-state index contributed by atoms with van der Waals surface area (Å²) in [5, 5.41) is 18.4. The maximum atomic E-state index is 12.2. The summed E-state index contributed by atoms with van der Waals surface area (Å²) in [6.07, 6.45) is 7.59. The van der Waals surface area contributed by atoms with E-state index in [0.717, 1.165) is 53.6 Å². The van der Waals surface area contributed by atoms with Crippen molar-refractivity contribution in [1.29, 1.82) is 0 Å². The van der Waals surface area contributed by atoms with Crippen molar-refractivity contribution in [2.75, 3.05) is 0 Å². The predicted octanol–water partition coefficient (Wildman–Crippen LogP) is 13.9. The van der Waals surface area contributed by atoms with Crippen LogP contribution in [-0.4, -0.2) is 20.9 Å². The largest absolute Gasteiger partial charge is 0.512 e. The minimum atomic E-state index is -0.337. The first-order valence-corrected chi connectivity index (χ1v) is 20.6. The molecule has 1 radical (unpaired) electrons. The van der Waals surface area contributed by atoms with Crippen molar-refractivity contribution in [2.24, 2.45) is 16.7 Å². The first kappa shape index (κ1) is 41.3. The van der Waals surface area contributed by atoms with Gasteiger partial charge in [0.1, 0.15) is 12.1 Å². The molecule has 0 saturated carbocycles. The Morgan fingerprint density at radius 2 is 1.51 bits per heavy atom. The molecule has 275 valence electrons. The average molecular weight is 918 g/mol. The van der Waals surface area contributed by atoms with Gasteiger partial charge in [-0.2, -0.15) is 11.3 Å². The molecule has 0 atom stereocenters. The topological polar surface area (TPSA) is 63.1 Å². The van der Waals surface area contributed by atoms with Crippen LogP contribution in [0.25, 0.3) is 51.7 Å². The van der Waals surface area contributed by atoms with Crippen molar-refractivity contribution in [1.82, 2.24) is 9.97 Å². The summed E-state index contributed by atoms with van der Waals surface area (Å²) in [6.45, 7) is 23.5. The van der Waals surface area contributed by atoms with Crippen molar-refractivity contribution < 1.29 is 30.0 Å². The second-order valence-corrected chi connectivity index (χ2v) is 18.4. The summed E-state index contributed by atoms with van der Waals surface area (Å²) in [5.74, 6) is 0.937. The van der Waals surface area contributed by atoms with Crippen molar-refractivity contribution in [3.63, 3.8) is 0 Å². The molecule has 4 heterocycles. The number of hydrogen-bond acceptors (Lipinski definition) is 7. The van der Waals surface area contributed by atoms with Gasteiger partial charge in [-0.25, -0.2) is 4.98 Å². The summed E-state index contributed by atoms with van der Waals surface area (Å²) in [4.78, 5) is 21.7. The molecule has 1 N–H and O–H groups in total. The van der Waals surface area contributed by atoms with Crippen LogP contribution in [-0.2, 0) is 36.7 Å². The summed E-state index contributed by atoms with van der Waals surface area (Å²) in [6, 6.07) is 12.7. The van der Waals surface area contributed by atoms with E-state index in [2.05, 4.69) is 75.7 Å². The summed E-state index contributed by atoms with van der Waals surface area (Å²) < 4.78 is 5.19. The van der Waals surface area contributed by atoms with Gasteiger partial charge in [0.25, 0.3) is 0 Å². The van der Waals surface area contributed by atoms with Crippen LogP contribution in [0, 0.1) is 22.8 Å². The average Bonchev–Trinajstić information content (AvgIpc) is 3.83. The quantitative estimate of drug-likeness (QED) is 0.0845. The third-order valence-corrected chi connectivity index (χ3v) is 14.2. The molecule has 4 nitrogen and oxygen atoms in total. The number of fused-ring (bicyclic) bond motifs is 6. The van der Waals surface area contributed by atoms with Crippen molar-refractivity contribution in [2.45, 2.75) is 114 Å². The van der Waals surface area contributed by atoms with Gasteiger partial charge in [-0.3, -0.25) is 9.78 Å². The van der Waals surface area contributed by atoms with Crippen LogP contribution >= 0.6 is 34.0 Å². The number of nitrogens with zero attached hydrogens (tertiary/aromatic N) is 2. The number of carbonyl (C=O) groups is 1. The van der Waals surface area contributed by atoms with Gasteiger partial charge < -0.3 is 5.11 Å². The number of hydrogen-bond donors (Lipinski definition) is 1. The van der Waals surface area contributed by atoms with Gasteiger partial charge >= 0.3 is 0 Å². The maximum absolute atomic E-state index is 12.2. The Labute approximate surface area is 330 Å². The molecule has 4 aromatic heterocycles. The minimum Gasteiger partial charge on any atom is -0.512 e. The maximum Gasteiger partial charge on any atom is 0.164 e. The predicted molar refractivity (Wildman–Crippen MR) is 220 cm³/mol. The van der Waals surface area contributed by atoms with Gasteiger partial charge in [-0.05, 0) is 69.8 Å². The molecule has 6 aromatic rings. The third kappa shape index (κ3) is 8.21. The molecule has 0 aliphatic heterocycles. The molecule has 0 spiro atoms. The van der Waals surface area contributed by atoms with E-state index in [9.17, 15) is 9.90 Å². The fraction of sp³-hybridized carbons (Fsp3) is 0.465. The van der Waals surface area contributed by atoms with Gasteiger partial charge in [0.05, 0.1) is 14.9 Å². The van der Waals surface area contributed by atoms with Gasteiger partial charge in [-0.1, -0.05) is 99.4 Å². The number of aromatic nitrogens is 2. The Bertz CT molecular complexity index is 2170. The van der Waals surface area contributed by atoms with E-state index in [4.69, 9.17) is 9.97 Å². The van der Waals surface area contributed by atoms with Gasteiger partial charge in [0.2, 0.25) is 0 Å². The standard InChI is InChI=1S/C28H25N2S3.C15H28O2.Ir/c1-15(2)10-18-13-32-25-19(18)6-7-20-23-27(33-26(20)25)22(29-14-30-23)17-11-16-8-9-31-24(16)21(12-17)28(3,4)5;1-7-14(5,8-2)12(16)11-13(17)15(6,9-3)10-4;/h6-9,12-15H,10H2,1-5H3;11,16H,7-10H2,1-6H3;/q-1;;/b;12-11-;. The molecule has 0 fully saturated rings. The smallest absolute Gasteiger partial charge is 0.164 e. The Balaban J connectivity index is 0.000000279. The monoisotopic (exact) mass is 918 g/mol. The third-order valence-electron chi connectivity index (χ3n) is 10.8. The van der Waals surface area contributed by atoms with Gasteiger partial charge in [0.15, 0.2) is 5.78 Å². The van der Waals surface area contributed by atoms with Crippen LogP contribution in [0.3, 0.4) is 0 Å². The van der Waals surface area contributed by atoms with E-state index in [1.807, 2.05) is 64.2 Å². The number of benzene rings is 2. The zero-order valence-electron chi connectivity index (χ0n) is 32.0.